The van der Waals surface area contributed by atoms with E-state index in [4.69, 9.17) is 0 Å². The summed E-state index contributed by atoms with van der Waals surface area (Å²) in [6.07, 6.45) is 6.36. The lowest BCUT2D eigenvalue weighted by molar-refractivity contribution is 0.0900. The van der Waals surface area contributed by atoms with Gasteiger partial charge in [-0.2, -0.15) is 0 Å². The van der Waals surface area contributed by atoms with Crippen LogP contribution in [0, 0.1) is 0 Å². The van der Waals surface area contributed by atoms with Crippen molar-refractivity contribution in [3.05, 3.63) is 24.0 Å². The molecule has 84 valence electrons. The van der Waals surface area contributed by atoms with Gasteiger partial charge in [0.15, 0.2) is 0 Å². The second kappa shape index (κ2) is 4.81. The molecule has 1 aliphatic carbocycles. The van der Waals surface area contributed by atoms with E-state index in [1.807, 2.05) is 19.3 Å². The van der Waals surface area contributed by atoms with Crippen LogP contribution in [-0.4, -0.2) is 21.8 Å². The Morgan fingerprint density at radius 1 is 1.47 bits per heavy atom. The van der Waals surface area contributed by atoms with Crippen LogP contribution >= 0.6 is 0 Å². The summed E-state index contributed by atoms with van der Waals surface area (Å²) < 4.78 is 2.11. The van der Waals surface area contributed by atoms with Gasteiger partial charge in [-0.05, 0) is 25.0 Å². The Balaban J connectivity index is 1.84. The molecule has 0 amide bonds. The van der Waals surface area contributed by atoms with E-state index in [-0.39, 0.29) is 12.1 Å². The first-order chi connectivity index (χ1) is 7.27. The third-order valence-electron chi connectivity index (χ3n) is 3.33. The SMILES string of the molecule is Cn1cccc1CN[C@@H]1CCCC[C@@H]1O. The van der Waals surface area contributed by atoms with Crippen LogP contribution in [-0.2, 0) is 13.6 Å². The van der Waals surface area contributed by atoms with E-state index in [0.29, 0.717) is 0 Å². The van der Waals surface area contributed by atoms with Crippen molar-refractivity contribution in [1.82, 2.24) is 9.88 Å². The van der Waals surface area contributed by atoms with Crippen molar-refractivity contribution < 1.29 is 5.11 Å². The highest BCUT2D eigenvalue weighted by Crippen LogP contribution is 2.18. The van der Waals surface area contributed by atoms with Gasteiger partial charge in [-0.1, -0.05) is 12.8 Å². The van der Waals surface area contributed by atoms with Crippen molar-refractivity contribution in [2.24, 2.45) is 7.05 Å². The predicted octanol–water partition coefficient (Wildman–Crippen LogP) is 1.42. The van der Waals surface area contributed by atoms with Gasteiger partial charge in [0, 0.05) is 31.5 Å². The lowest BCUT2D eigenvalue weighted by Gasteiger charge is -2.28. The zero-order valence-electron chi connectivity index (χ0n) is 9.32. The molecule has 1 fully saturated rings. The summed E-state index contributed by atoms with van der Waals surface area (Å²) in [4.78, 5) is 0. The fraction of sp³-hybridized carbons (Fsp3) is 0.667. The van der Waals surface area contributed by atoms with Crippen LogP contribution in [0.4, 0.5) is 0 Å². The van der Waals surface area contributed by atoms with Gasteiger partial charge >= 0.3 is 0 Å². The Hall–Kier alpha value is -0.800. The molecule has 3 nitrogen and oxygen atoms in total. The topological polar surface area (TPSA) is 37.2 Å². The van der Waals surface area contributed by atoms with Gasteiger partial charge in [-0.3, -0.25) is 0 Å². The molecule has 0 bridgehead atoms. The zero-order chi connectivity index (χ0) is 10.7. The van der Waals surface area contributed by atoms with Crippen LogP contribution in [0.15, 0.2) is 18.3 Å². The summed E-state index contributed by atoms with van der Waals surface area (Å²) in [5.74, 6) is 0. The zero-order valence-corrected chi connectivity index (χ0v) is 9.32. The monoisotopic (exact) mass is 208 g/mol. The second-order valence-electron chi connectivity index (χ2n) is 4.45. The van der Waals surface area contributed by atoms with Crippen LogP contribution in [0.1, 0.15) is 31.4 Å². The van der Waals surface area contributed by atoms with Gasteiger partial charge < -0.3 is 15.0 Å². The summed E-state index contributed by atoms with van der Waals surface area (Å²) in [7, 11) is 2.05. The number of hydrogen-bond donors (Lipinski definition) is 2. The van der Waals surface area contributed by atoms with Crippen molar-refractivity contribution in [2.45, 2.75) is 44.4 Å². The van der Waals surface area contributed by atoms with Crippen molar-refractivity contribution in [2.75, 3.05) is 0 Å². The molecule has 0 radical (unpaired) electrons. The third kappa shape index (κ3) is 2.61. The first-order valence-electron chi connectivity index (χ1n) is 5.79. The number of aliphatic hydroxyl groups is 1. The molecule has 15 heavy (non-hydrogen) atoms. The molecule has 0 unspecified atom stereocenters. The number of aryl methyl sites for hydroxylation is 1. The maximum absolute atomic E-state index is 9.80. The molecule has 0 spiro atoms. The lowest BCUT2D eigenvalue weighted by Crippen LogP contribution is -2.41. The Kier molecular flexibility index (Phi) is 3.44. The lowest BCUT2D eigenvalue weighted by atomic mass is 9.92. The molecular formula is C12H20N2O. The van der Waals surface area contributed by atoms with Gasteiger partial charge in [0.25, 0.3) is 0 Å². The highest BCUT2D eigenvalue weighted by atomic mass is 16.3. The Morgan fingerprint density at radius 3 is 2.93 bits per heavy atom. The first kappa shape index (κ1) is 10.7. The smallest absolute Gasteiger partial charge is 0.0693 e. The van der Waals surface area contributed by atoms with E-state index in [1.54, 1.807) is 0 Å². The highest BCUT2D eigenvalue weighted by Gasteiger charge is 2.22. The summed E-state index contributed by atoms with van der Waals surface area (Å²) >= 11 is 0. The van der Waals surface area contributed by atoms with Gasteiger partial charge in [-0.25, -0.2) is 0 Å². The normalized spacial score (nSPS) is 26.8. The Labute approximate surface area is 91.1 Å². The molecule has 1 aromatic rings. The van der Waals surface area contributed by atoms with Crippen LogP contribution < -0.4 is 5.32 Å². The molecule has 1 saturated carbocycles. The minimum atomic E-state index is -0.154. The Morgan fingerprint density at radius 2 is 2.27 bits per heavy atom. The number of rotatable bonds is 3. The molecule has 3 heteroatoms. The number of nitrogens with zero attached hydrogens (tertiary/aromatic N) is 1. The van der Waals surface area contributed by atoms with Gasteiger partial charge in [0.2, 0.25) is 0 Å². The van der Waals surface area contributed by atoms with Crippen LogP contribution in [0.3, 0.4) is 0 Å². The van der Waals surface area contributed by atoms with E-state index in [1.165, 1.54) is 18.5 Å². The van der Waals surface area contributed by atoms with E-state index >= 15 is 0 Å². The Bertz CT molecular complexity index is 308. The highest BCUT2D eigenvalue weighted by molar-refractivity contribution is 5.06. The van der Waals surface area contributed by atoms with Gasteiger partial charge in [0.1, 0.15) is 0 Å². The third-order valence-corrected chi connectivity index (χ3v) is 3.33. The molecule has 1 aromatic heterocycles. The molecular weight excluding hydrogens is 188 g/mol. The minimum Gasteiger partial charge on any atom is -0.392 e. The molecule has 1 heterocycles. The summed E-state index contributed by atoms with van der Waals surface area (Å²) in [5, 5.41) is 13.2. The number of aliphatic hydroxyl groups excluding tert-OH is 1. The van der Waals surface area contributed by atoms with Crippen molar-refractivity contribution in [1.29, 1.82) is 0 Å². The number of aromatic nitrogens is 1. The standard InChI is InChI=1S/C12H20N2O/c1-14-8-4-5-10(14)9-13-11-6-2-3-7-12(11)15/h4-5,8,11-13,15H,2-3,6-7,9H2,1H3/t11-,12+/m1/s1. The van der Waals surface area contributed by atoms with Gasteiger partial charge in [0.05, 0.1) is 6.10 Å². The van der Waals surface area contributed by atoms with Crippen LogP contribution in [0.2, 0.25) is 0 Å². The number of nitrogens with one attached hydrogen (secondary N) is 1. The summed E-state index contributed by atoms with van der Waals surface area (Å²) in [5.41, 5.74) is 1.27. The van der Waals surface area contributed by atoms with Crippen LogP contribution in [0.5, 0.6) is 0 Å². The molecule has 0 aliphatic heterocycles. The van der Waals surface area contributed by atoms with Crippen molar-refractivity contribution in [3.8, 4) is 0 Å². The largest absolute Gasteiger partial charge is 0.392 e. The molecule has 2 rings (SSSR count). The molecule has 0 saturated heterocycles. The predicted molar refractivity (Wildman–Crippen MR) is 60.5 cm³/mol. The van der Waals surface area contributed by atoms with E-state index in [9.17, 15) is 5.11 Å². The first-order valence-corrected chi connectivity index (χ1v) is 5.79. The van der Waals surface area contributed by atoms with Crippen molar-refractivity contribution in [3.63, 3.8) is 0 Å². The van der Waals surface area contributed by atoms with E-state index in [0.717, 1.165) is 19.4 Å². The van der Waals surface area contributed by atoms with E-state index < -0.39 is 0 Å². The molecule has 2 N–H and O–H groups in total. The molecule has 1 aliphatic rings. The molecule has 2 atom stereocenters. The second-order valence-corrected chi connectivity index (χ2v) is 4.45. The fourth-order valence-corrected chi connectivity index (χ4v) is 2.27. The summed E-state index contributed by atoms with van der Waals surface area (Å²) in [6, 6.07) is 4.45. The number of hydrogen-bond acceptors (Lipinski definition) is 2. The maximum atomic E-state index is 9.80. The average molecular weight is 208 g/mol. The minimum absolute atomic E-state index is 0.154. The van der Waals surface area contributed by atoms with Crippen LogP contribution in [0.25, 0.3) is 0 Å². The van der Waals surface area contributed by atoms with Gasteiger partial charge in [-0.15, -0.1) is 0 Å². The fourth-order valence-electron chi connectivity index (χ4n) is 2.27. The maximum Gasteiger partial charge on any atom is 0.0693 e. The summed E-state index contributed by atoms with van der Waals surface area (Å²) in [6.45, 7) is 0.852. The average Bonchev–Trinajstić information content (AvgIpc) is 2.63. The molecule has 0 aromatic carbocycles. The quantitative estimate of drug-likeness (QED) is 0.788. The van der Waals surface area contributed by atoms with Crippen molar-refractivity contribution >= 4 is 0 Å². The van der Waals surface area contributed by atoms with E-state index in [2.05, 4.69) is 16.0 Å².